The van der Waals surface area contributed by atoms with Crippen molar-refractivity contribution in [2.45, 2.75) is 12.8 Å². The number of hydrogen-bond donors (Lipinski definition) is 2. The third-order valence-electron chi connectivity index (χ3n) is 2.92. The van der Waals surface area contributed by atoms with Gasteiger partial charge in [0.15, 0.2) is 17.5 Å². The van der Waals surface area contributed by atoms with Crippen molar-refractivity contribution in [1.29, 1.82) is 0 Å². The molecule has 122 valence electrons. The van der Waals surface area contributed by atoms with Crippen molar-refractivity contribution < 1.29 is 22.8 Å². The number of halogens is 3. The van der Waals surface area contributed by atoms with Gasteiger partial charge in [-0.15, -0.1) is 11.3 Å². The fourth-order valence-electron chi connectivity index (χ4n) is 1.78. The van der Waals surface area contributed by atoms with Gasteiger partial charge < -0.3 is 10.6 Å². The van der Waals surface area contributed by atoms with Crippen LogP contribution in [-0.4, -0.2) is 18.4 Å². The first-order chi connectivity index (χ1) is 11.0. The lowest BCUT2D eigenvalue weighted by molar-refractivity contribution is -0.116. The van der Waals surface area contributed by atoms with Crippen LogP contribution in [0.4, 0.5) is 18.9 Å². The fraction of sp³-hybridized carbons (Fsp3) is 0.200. The first-order valence-corrected chi connectivity index (χ1v) is 7.62. The van der Waals surface area contributed by atoms with Gasteiger partial charge in [-0.1, -0.05) is 6.07 Å². The number of rotatable bonds is 6. The molecule has 4 nitrogen and oxygen atoms in total. The van der Waals surface area contributed by atoms with Crippen molar-refractivity contribution in [2.24, 2.45) is 0 Å². The Morgan fingerprint density at radius 1 is 1.09 bits per heavy atom. The van der Waals surface area contributed by atoms with Crippen LogP contribution < -0.4 is 10.6 Å². The summed E-state index contributed by atoms with van der Waals surface area (Å²) in [5, 5.41) is 6.58. The van der Waals surface area contributed by atoms with Crippen LogP contribution in [-0.2, 0) is 4.79 Å². The van der Waals surface area contributed by atoms with Crippen LogP contribution in [0.1, 0.15) is 22.5 Å². The van der Waals surface area contributed by atoms with Crippen LogP contribution in [0, 0.1) is 17.5 Å². The lowest BCUT2D eigenvalue weighted by Crippen LogP contribution is -2.24. The molecule has 2 aromatic rings. The summed E-state index contributed by atoms with van der Waals surface area (Å²) in [5.41, 5.74) is -0.420. The first-order valence-electron chi connectivity index (χ1n) is 6.74. The smallest absolute Gasteiger partial charge is 0.261 e. The molecule has 0 aliphatic heterocycles. The SMILES string of the molecule is O=C(CCCNC(=O)c1cccs1)Nc1ccc(F)c(F)c1F. The van der Waals surface area contributed by atoms with Crippen LogP contribution in [0.2, 0.25) is 0 Å². The highest BCUT2D eigenvalue weighted by Gasteiger charge is 2.15. The Kier molecular flexibility index (Phi) is 5.75. The van der Waals surface area contributed by atoms with E-state index in [1.165, 1.54) is 11.3 Å². The molecule has 0 atom stereocenters. The maximum atomic E-state index is 13.4. The summed E-state index contributed by atoms with van der Waals surface area (Å²) in [7, 11) is 0. The molecule has 8 heteroatoms. The number of hydrogen-bond acceptors (Lipinski definition) is 3. The Morgan fingerprint density at radius 3 is 2.57 bits per heavy atom. The Labute approximate surface area is 134 Å². The maximum absolute atomic E-state index is 13.4. The van der Waals surface area contributed by atoms with Crippen molar-refractivity contribution in [1.82, 2.24) is 5.32 Å². The molecule has 0 bridgehead atoms. The second-order valence-electron chi connectivity index (χ2n) is 4.61. The number of carbonyl (C=O) groups excluding carboxylic acids is 2. The minimum Gasteiger partial charge on any atom is -0.351 e. The van der Waals surface area contributed by atoms with E-state index in [1.807, 2.05) is 0 Å². The van der Waals surface area contributed by atoms with Crippen molar-refractivity contribution in [3.63, 3.8) is 0 Å². The van der Waals surface area contributed by atoms with Gasteiger partial charge in [0.2, 0.25) is 5.91 Å². The molecule has 1 heterocycles. The molecule has 0 saturated carbocycles. The van der Waals surface area contributed by atoms with E-state index < -0.39 is 29.0 Å². The van der Waals surface area contributed by atoms with Crippen molar-refractivity contribution in [2.75, 3.05) is 11.9 Å². The second-order valence-corrected chi connectivity index (χ2v) is 5.56. The summed E-state index contributed by atoms with van der Waals surface area (Å²) in [4.78, 5) is 23.8. The van der Waals surface area contributed by atoms with Crippen LogP contribution in [0.5, 0.6) is 0 Å². The number of nitrogens with one attached hydrogen (secondary N) is 2. The zero-order chi connectivity index (χ0) is 16.8. The monoisotopic (exact) mass is 342 g/mol. The zero-order valence-electron chi connectivity index (χ0n) is 11.9. The zero-order valence-corrected chi connectivity index (χ0v) is 12.7. The van der Waals surface area contributed by atoms with Crippen LogP contribution >= 0.6 is 11.3 Å². The molecule has 2 rings (SSSR count). The number of carbonyl (C=O) groups is 2. The van der Waals surface area contributed by atoms with Gasteiger partial charge in [-0.25, -0.2) is 13.2 Å². The summed E-state index contributed by atoms with van der Waals surface area (Å²) in [6.07, 6.45) is 0.331. The second kappa shape index (κ2) is 7.77. The van der Waals surface area contributed by atoms with E-state index in [-0.39, 0.29) is 18.9 Å². The molecule has 0 aliphatic carbocycles. The highest BCUT2D eigenvalue weighted by Crippen LogP contribution is 2.19. The largest absolute Gasteiger partial charge is 0.351 e. The summed E-state index contributed by atoms with van der Waals surface area (Å²) in [6.45, 7) is 0.268. The molecule has 1 aromatic heterocycles. The third-order valence-corrected chi connectivity index (χ3v) is 3.79. The standard InChI is InChI=1S/C15H13F3N2O2S/c16-9-5-6-10(14(18)13(9)17)20-12(21)4-1-7-19-15(22)11-3-2-8-23-11/h2-3,5-6,8H,1,4,7H2,(H,19,22)(H,20,21). The Balaban J connectivity index is 1.75. The third kappa shape index (κ3) is 4.56. The van der Waals surface area contributed by atoms with Crippen molar-refractivity contribution in [3.8, 4) is 0 Å². The maximum Gasteiger partial charge on any atom is 0.261 e. The molecule has 0 saturated heterocycles. The molecule has 0 spiro atoms. The van der Waals surface area contributed by atoms with Crippen molar-refractivity contribution >= 4 is 28.8 Å². The Bertz CT molecular complexity index is 705. The number of anilines is 1. The van der Waals surface area contributed by atoms with E-state index in [2.05, 4.69) is 10.6 Å². The number of amides is 2. The molecule has 23 heavy (non-hydrogen) atoms. The van der Waals surface area contributed by atoms with Gasteiger partial charge in [0.05, 0.1) is 10.6 Å². The summed E-state index contributed by atoms with van der Waals surface area (Å²) in [6, 6.07) is 5.11. The van der Waals surface area contributed by atoms with E-state index in [0.29, 0.717) is 11.3 Å². The fourth-order valence-corrected chi connectivity index (χ4v) is 2.42. The lowest BCUT2D eigenvalue weighted by atomic mass is 10.2. The molecule has 0 fully saturated rings. The molecule has 0 radical (unpaired) electrons. The van der Waals surface area contributed by atoms with Gasteiger partial charge in [-0.2, -0.15) is 0 Å². The minimum absolute atomic E-state index is 0.00313. The minimum atomic E-state index is -1.63. The molecule has 1 aromatic carbocycles. The van der Waals surface area contributed by atoms with E-state index >= 15 is 0 Å². The highest BCUT2D eigenvalue weighted by molar-refractivity contribution is 7.12. The van der Waals surface area contributed by atoms with Crippen LogP contribution in [0.3, 0.4) is 0 Å². The average molecular weight is 342 g/mol. The van der Waals surface area contributed by atoms with E-state index in [4.69, 9.17) is 0 Å². The molecular weight excluding hydrogens is 329 g/mol. The normalized spacial score (nSPS) is 10.4. The lowest BCUT2D eigenvalue weighted by Gasteiger charge is -2.07. The predicted octanol–water partition coefficient (Wildman–Crippen LogP) is 3.31. The number of benzene rings is 1. The Hall–Kier alpha value is -2.35. The van der Waals surface area contributed by atoms with Crippen molar-refractivity contribution in [3.05, 3.63) is 52.0 Å². The summed E-state index contributed by atoms with van der Waals surface area (Å²) >= 11 is 1.30. The van der Waals surface area contributed by atoms with E-state index in [0.717, 1.165) is 12.1 Å². The van der Waals surface area contributed by atoms with Gasteiger partial charge in [0.25, 0.3) is 5.91 Å². The van der Waals surface area contributed by atoms with Crippen LogP contribution in [0.25, 0.3) is 0 Å². The topological polar surface area (TPSA) is 58.2 Å². The van der Waals surface area contributed by atoms with Gasteiger partial charge in [-0.3, -0.25) is 9.59 Å². The summed E-state index contributed by atoms with van der Waals surface area (Å²) in [5.74, 6) is -5.18. The van der Waals surface area contributed by atoms with Crippen LogP contribution in [0.15, 0.2) is 29.6 Å². The molecule has 0 unspecified atom stereocenters. The van der Waals surface area contributed by atoms with E-state index in [1.54, 1.807) is 17.5 Å². The predicted molar refractivity (Wildman–Crippen MR) is 80.8 cm³/mol. The number of thiophene rings is 1. The van der Waals surface area contributed by atoms with Gasteiger partial charge >= 0.3 is 0 Å². The highest BCUT2D eigenvalue weighted by atomic mass is 32.1. The van der Waals surface area contributed by atoms with Gasteiger partial charge in [0.1, 0.15) is 0 Å². The molecule has 2 N–H and O–H groups in total. The van der Waals surface area contributed by atoms with Gasteiger partial charge in [0, 0.05) is 13.0 Å². The average Bonchev–Trinajstić information content (AvgIpc) is 3.06. The van der Waals surface area contributed by atoms with Gasteiger partial charge in [-0.05, 0) is 30.0 Å². The quantitative estimate of drug-likeness (QED) is 0.625. The first kappa shape index (κ1) is 17.0. The Morgan fingerprint density at radius 2 is 1.87 bits per heavy atom. The molecular formula is C15H13F3N2O2S. The van der Waals surface area contributed by atoms with E-state index in [9.17, 15) is 22.8 Å². The molecule has 0 aliphatic rings. The summed E-state index contributed by atoms with van der Waals surface area (Å²) < 4.78 is 39.2. The molecule has 2 amide bonds.